The second-order valence-electron chi connectivity index (χ2n) is 6.32. The maximum Gasteiger partial charge on any atom is 0.326 e. The molecule has 0 bridgehead atoms. The number of aliphatic carboxylic acids is 1. The van der Waals surface area contributed by atoms with Crippen LogP contribution in [0.3, 0.4) is 0 Å². The molecule has 0 spiro atoms. The summed E-state index contributed by atoms with van der Waals surface area (Å²) in [6.45, 7) is 4.42. The number of aliphatic hydroxyl groups excluding tert-OH is 1. The molecule has 11 heteroatoms. The van der Waals surface area contributed by atoms with Crippen molar-refractivity contribution < 1.29 is 29.4 Å². The molecule has 0 aromatic rings. The average Bonchev–Trinajstić information content (AvgIpc) is 2.54. The van der Waals surface area contributed by atoms with E-state index in [1.54, 1.807) is 0 Å². The number of hydrogen-bond donors (Lipinski definition) is 7. The predicted molar refractivity (Wildman–Crippen MR) is 97.5 cm³/mol. The molecule has 0 radical (unpaired) electrons. The Kier molecular flexibility index (Phi) is 10.9. The highest BCUT2D eigenvalue weighted by atomic mass is 32.1. The Hall–Kier alpha value is -1.85. The van der Waals surface area contributed by atoms with Crippen LogP contribution in [0.1, 0.15) is 27.2 Å². The summed E-state index contributed by atoms with van der Waals surface area (Å²) in [5.74, 6) is -3.24. The normalized spacial score (nSPS) is 15.5. The van der Waals surface area contributed by atoms with Gasteiger partial charge in [-0.1, -0.05) is 13.8 Å². The van der Waals surface area contributed by atoms with Crippen molar-refractivity contribution in [2.45, 2.75) is 51.4 Å². The maximum atomic E-state index is 12.1. The van der Waals surface area contributed by atoms with Crippen molar-refractivity contribution in [2.75, 3.05) is 12.3 Å². The summed E-state index contributed by atoms with van der Waals surface area (Å²) in [6, 6.07) is -3.34. The van der Waals surface area contributed by atoms with Gasteiger partial charge in [0.05, 0.1) is 18.7 Å². The minimum absolute atomic E-state index is 0.0504. The first-order chi connectivity index (χ1) is 12.0. The van der Waals surface area contributed by atoms with Crippen molar-refractivity contribution >= 4 is 36.3 Å². The lowest BCUT2D eigenvalue weighted by atomic mass is 10.0. The van der Waals surface area contributed by atoms with Crippen molar-refractivity contribution in [1.82, 2.24) is 16.0 Å². The molecule has 4 unspecified atom stereocenters. The van der Waals surface area contributed by atoms with E-state index in [2.05, 4.69) is 28.6 Å². The molecule has 150 valence electrons. The molecular weight excluding hydrogens is 364 g/mol. The van der Waals surface area contributed by atoms with Crippen LogP contribution >= 0.6 is 12.6 Å². The number of nitrogens with two attached hydrogens (primary N) is 1. The number of rotatable bonds is 11. The number of hydrogen-bond acceptors (Lipinski definition) is 7. The average molecular weight is 392 g/mol. The van der Waals surface area contributed by atoms with Crippen molar-refractivity contribution in [2.24, 2.45) is 11.7 Å². The third-order valence-electron chi connectivity index (χ3n) is 3.36. The van der Waals surface area contributed by atoms with Crippen LogP contribution in [0.15, 0.2) is 0 Å². The van der Waals surface area contributed by atoms with Crippen LogP contribution in [0, 0.1) is 5.92 Å². The zero-order valence-corrected chi connectivity index (χ0v) is 16.0. The molecule has 0 fully saturated rings. The van der Waals surface area contributed by atoms with Crippen LogP contribution in [0.25, 0.3) is 0 Å². The molecule has 0 saturated carbocycles. The second kappa shape index (κ2) is 11.7. The highest BCUT2D eigenvalue weighted by molar-refractivity contribution is 7.80. The molecule has 0 saturated heterocycles. The molecule has 0 heterocycles. The first-order valence-corrected chi connectivity index (χ1v) is 8.77. The number of carboxylic acid groups (broad SMARTS) is 1. The van der Waals surface area contributed by atoms with Crippen molar-refractivity contribution in [3.8, 4) is 0 Å². The molecular formula is C15H28N4O6S. The van der Waals surface area contributed by atoms with Gasteiger partial charge in [-0.25, -0.2) is 4.79 Å². The van der Waals surface area contributed by atoms with E-state index in [1.807, 2.05) is 13.8 Å². The van der Waals surface area contributed by atoms with Crippen molar-refractivity contribution in [3.05, 3.63) is 0 Å². The van der Waals surface area contributed by atoms with Gasteiger partial charge in [0.2, 0.25) is 17.7 Å². The van der Waals surface area contributed by atoms with Crippen LogP contribution in [0.2, 0.25) is 0 Å². The third kappa shape index (κ3) is 9.02. The van der Waals surface area contributed by atoms with E-state index >= 15 is 0 Å². The van der Waals surface area contributed by atoms with Gasteiger partial charge in [-0.15, -0.1) is 0 Å². The smallest absolute Gasteiger partial charge is 0.326 e. The topological polar surface area (TPSA) is 171 Å². The lowest BCUT2D eigenvalue weighted by molar-refractivity contribution is -0.142. The fourth-order valence-electron chi connectivity index (χ4n) is 1.96. The number of aliphatic hydroxyl groups is 1. The minimum atomic E-state index is -1.31. The van der Waals surface area contributed by atoms with Gasteiger partial charge in [0, 0.05) is 5.75 Å². The van der Waals surface area contributed by atoms with Gasteiger partial charge in [-0.05, 0) is 19.3 Å². The second-order valence-corrected chi connectivity index (χ2v) is 6.69. The lowest BCUT2D eigenvalue weighted by Gasteiger charge is -2.22. The summed E-state index contributed by atoms with van der Waals surface area (Å²) in [5, 5.41) is 25.6. The molecule has 26 heavy (non-hydrogen) atoms. The van der Waals surface area contributed by atoms with Crippen LogP contribution in [0.5, 0.6) is 0 Å². The number of nitrogens with one attached hydrogen (secondary N) is 3. The summed E-state index contributed by atoms with van der Waals surface area (Å²) >= 11 is 3.87. The molecule has 7 N–H and O–H groups in total. The summed E-state index contributed by atoms with van der Waals surface area (Å²) in [6.07, 6.45) is -0.995. The number of carbonyl (C=O) groups excluding carboxylic acids is 3. The molecule has 4 atom stereocenters. The monoisotopic (exact) mass is 392 g/mol. The molecule has 0 aromatic carbocycles. The van der Waals surface area contributed by atoms with E-state index in [0.29, 0.717) is 0 Å². The van der Waals surface area contributed by atoms with E-state index < -0.39 is 54.5 Å². The Balaban J connectivity index is 4.68. The van der Waals surface area contributed by atoms with Gasteiger partial charge in [-0.2, -0.15) is 12.6 Å². The lowest BCUT2D eigenvalue weighted by Crippen LogP contribution is -2.57. The van der Waals surface area contributed by atoms with Gasteiger partial charge in [0.15, 0.2) is 0 Å². The fourth-order valence-corrected chi connectivity index (χ4v) is 2.13. The molecule has 0 rings (SSSR count). The van der Waals surface area contributed by atoms with Crippen LogP contribution < -0.4 is 21.7 Å². The van der Waals surface area contributed by atoms with Crippen LogP contribution in [-0.2, 0) is 19.2 Å². The zero-order valence-electron chi connectivity index (χ0n) is 15.1. The zero-order chi connectivity index (χ0) is 20.4. The molecule has 3 amide bonds. The molecule has 0 aromatic heterocycles. The Morgan fingerprint density at radius 3 is 2.08 bits per heavy atom. The Morgan fingerprint density at radius 2 is 1.65 bits per heavy atom. The predicted octanol–water partition coefficient (Wildman–Crippen LogP) is -2.16. The molecule has 0 aliphatic rings. The summed E-state index contributed by atoms with van der Waals surface area (Å²) in [7, 11) is 0. The Morgan fingerprint density at radius 1 is 1.08 bits per heavy atom. The van der Waals surface area contributed by atoms with Crippen molar-refractivity contribution in [3.63, 3.8) is 0 Å². The standard InChI is InChI=1S/C15H28N4O6S/c1-7(2)4-10(15(24)25)18-11(21)5-17-14(23)12(8(3)20)19-13(22)9(16)6-26/h7-10,12,20,26H,4-6,16H2,1-3H3,(H,17,23)(H,18,21)(H,19,22)(H,24,25). The van der Waals surface area contributed by atoms with E-state index in [-0.39, 0.29) is 18.1 Å². The highest BCUT2D eigenvalue weighted by Gasteiger charge is 2.28. The van der Waals surface area contributed by atoms with Gasteiger partial charge in [-0.3, -0.25) is 14.4 Å². The van der Waals surface area contributed by atoms with Gasteiger partial charge >= 0.3 is 5.97 Å². The van der Waals surface area contributed by atoms with Crippen LogP contribution in [-0.4, -0.2) is 70.4 Å². The van der Waals surface area contributed by atoms with E-state index in [1.165, 1.54) is 6.92 Å². The number of carbonyl (C=O) groups is 4. The Labute approximate surface area is 157 Å². The van der Waals surface area contributed by atoms with E-state index in [9.17, 15) is 24.3 Å². The molecule has 0 aliphatic heterocycles. The van der Waals surface area contributed by atoms with E-state index in [0.717, 1.165) is 0 Å². The first-order valence-electron chi connectivity index (χ1n) is 8.14. The molecule has 0 aliphatic carbocycles. The van der Waals surface area contributed by atoms with Gasteiger partial charge in [0.25, 0.3) is 0 Å². The quantitative estimate of drug-likeness (QED) is 0.196. The number of carboxylic acids is 1. The number of thiol groups is 1. The summed E-state index contributed by atoms with van der Waals surface area (Å²) < 4.78 is 0. The van der Waals surface area contributed by atoms with Crippen molar-refractivity contribution in [1.29, 1.82) is 0 Å². The first kappa shape index (κ1) is 24.1. The van der Waals surface area contributed by atoms with Gasteiger partial charge < -0.3 is 31.9 Å². The van der Waals surface area contributed by atoms with E-state index in [4.69, 9.17) is 10.8 Å². The largest absolute Gasteiger partial charge is 0.480 e. The SMILES string of the molecule is CC(C)CC(NC(=O)CNC(=O)C(NC(=O)C(N)CS)C(C)O)C(=O)O. The van der Waals surface area contributed by atoms with Gasteiger partial charge in [0.1, 0.15) is 12.1 Å². The maximum absolute atomic E-state index is 12.1. The number of amides is 3. The fraction of sp³-hybridized carbons (Fsp3) is 0.733. The summed E-state index contributed by atoms with van der Waals surface area (Å²) in [5.41, 5.74) is 5.49. The third-order valence-corrected chi connectivity index (χ3v) is 3.75. The minimum Gasteiger partial charge on any atom is -0.480 e. The van der Waals surface area contributed by atoms with Crippen LogP contribution in [0.4, 0.5) is 0 Å². The Bertz CT molecular complexity index is 514. The summed E-state index contributed by atoms with van der Waals surface area (Å²) in [4.78, 5) is 46.8. The highest BCUT2D eigenvalue weighted by Crippen LogP contribution is 2.04. The molecule has 10 nitrogen and oxygen atoms in total.